The highest BCUT2D eigenvalue weighted by Gasteiger charge is 1.99. The van der Waals surface area contributed by atoms with Gasteiger partial charge in [0.25, 0.3) is 0 Å². The third-order valence-corrected chi connectivity index (χ3v) is 2.07. The minimum Gasteiger partial charge on any atom is -0.373 e. The summed E-state index contributed by atoms with van der Waals surface area (Å²) in [7, 11) is 0. The van der Waals surface area contributed by atoms with Crippen molar-refractivity contribution in [2.75, 3.05) is 0 Å². The molecule has 0 aromatic heterocycles. The van der Waals surface area contributed by atoms with Gasteiger partial charge in [0.2, 0.25) is 0 Å². The summed E-state index contributed by atoms with van der Waals surface area (Å²) in [4.78, 5) is 14.7. The van der Waals surface area contributed by atoms with Crippen LogP contribution in [0.15, 0.2) is 30.3 Å². The van der Waals surface area contributed by atoms with Crippen LogP contribution in [0.3, 0.4) is 0 Å². The summed E-state index contributed by atoms with van der Waals surface area (Å²) in [5.74, 6) is 4.38. The average Bonchev–Trinajstić information content (AvgIpc) is 2.25. The van der Waals surface area contributed by atoms with Crippen molar-refractivity contribution in [1.82, 2.24) is 0 Å². The number of hydrogen-bond donors (Lipinski definition) is 1. The van der Waals surface area contributed by atoms with Gasteiger partial charge in [-0.3, -0.25) is 4.79 Å². The van der Waals surface area contributed by atoms with Crippen molar-refractivity contribution >= 4 is 5.97 Å². The Balaban J connectivity index is 2.13. The van der Waals surface area contributed by atoms with Crippen molar-refractivity contribution < 1.29 is 9.63 Å². The summed E-state index contributed by atoms with van der Waals surface area (Å²) in [5.41, 5.74) is 1.30. The van der Waals surface area contributed by atoms with Gasteiger partial charge < -0.3 is 4.84 Å². The monoisotopic (exact) mass is 193 g/mol. The van der Waals surface area contributed by atoms with Crippen LogP contribution in [0.5, 0.6) is 0 Å². The molecule has 0 aliphatic carbocycles. The molecule has 0 bridgehead atoms. The van der Waals surface area contributed by atoms with E-state index in [0.29, 0.717) is 6.42 Å². The van der Waals surface area contributed by atoms with Crippen molar-refractivity contribution in [3.05, 3.63) is 35.9 Å². The first-order valence-corrected chi connectivity index (χ1v) is 4.76. The van der Waals surface area contributed by atoms with Gasteiger partial charge in [0.05, 0.1) is 0 Å². The van der Waals surface area contributed by atoms with Crippen LogP contribution in [0.2, 0.25) is 0 Å². The number of hydrogen-bond acceptors (Lipinski definition) is 3. The molecule has 14 heavy (non-hydrogen) atoms. The molecule has 0 fully saturated rings. The SMILES string of the molecule is NOC(=O)CCCCc1ccccc1. The Kier molecular flexibility index (Phi) is 4.72. The summed E-state index contributed by atoms with van der Waals surface area (Å²) >= 11 is 0. The van der Waals surface area contributed by atoms with Crippen molar-refractivity contribution in [2.45, 2.75) is 25.7 Å². The van der Waals surface area contributed by atoms with Gasteiger partial charge in [-0.15, -0.1) is 0 Å². The van der Waals surface area contributed by atoms with Gasteiger partial charge in [-0.05, 0) is 24.8 Å². The van der Waals surface area contributed by atoms with Crippen molar-refractivity contribution in [1.29, 1.82) is 0 Å². The second-order valence-corrected chi connectivity index (χ2v) is 3.18. The molecular formula is C11H15NO2. The van der Waals surface area contributed by atoms with Gasteiger partial charge in [-0.2, -0.15) is 5.90 Å². The Hall–Kier alpha value is -1.35. The first kappa shape index (κ1) is 10.7. The van der Waals surface area contributed by atoms with Crippen LogP contribution in [0.1, 0.15) is 24.8 Å². The standard InChI is InChI=1S/C11H15NO2/c12-14-11(13)9-5-4-8-10-6-2-1-3-7-10/h1-3,6-7H,4-5,8-9,12H2. The lowest BCUT2D eigenvalue weighted by molar-refractivity contribution is -0.144. The van der Waals surface area contributed by atoms with Gasteiger partial charge in [0.15, 0.2) is 0 Å². The number of rotatable bonds is 5. The maximum absolute atomic E-state index is 10.7. The van der Waals surface area contributed by atoms with E-state index in [1.807, 2.05) is 18.2 Å². The molecule has 0 amide bonds. The van der Waals surface area contributed by atoms with E-state index in [1.165, 1.54) is 5.56 Å². The Morgan fingerprint density at radius 2 is 1.93 bits per heavy atom. The minimum absolute atomic E-state index is 0.335. The Morgan fingerprint density at radius 3 is 2.57 bits per heavy atom. The number of nitrogens with two attached hydrogens (primary N) is 1. The van der Waals surface area contributed by atoms with E-state index in [4.69, 9.17) is 5.90 Å². The predicted octanol–water partition coefficient (Wildman–Crippen LogP) is 1.82. The van der Waals surface area contributed by atoms with Crippen LogP contribution in [0.4, 0.5) is 0 Å². The van der Waals surface area contributed by atoms with Crippen LogP contribution >= 0.6 is 0 Å². The predicted molar refractivity (Wildman–Crippen MR) is 54.3 cm³/mol. The van der Waals surface area contributed by atoms with Crippen molar-refractivity contribution in [3.63, 3.8) is 0 Å². The lowest BCUT2D eigenvalue weighted by atomic mass is 10.1. The summed E-state index contributed by atoms with van der Waals surface area (Å²) < 4.78 is 0. The lowest BCUT2D eigenvalue weighted by Crippen LogP contribution is -2.09. The van der Waals surface area contributed by atoms with Crippen LogP contribution in [0.25, 0.3) is 0 Å². The molecule has 1 aromatic rings. The number of carbonyl (C=O) groups excluding carboxylic acids is 1. The van der Waals surface area contributed by atoms with Gasteiger partial charge in [0, 0.05) is 6.42 Å². The molecular weight excluding hydrogens is 178 g/mol. The number of carbonyl (C=O) groups is 1. The van der Waals surface area contributed by atoms with Gasteiger partial charge in [-0.25, -0.2) is 0 Å². The molecule has 2 N–H and O–H groups in total. The van der Waals surface area contributed by atoms with E-state index >= 15 is 0 Å². The topological polar surface area (TPSA) is 52.3 Å². The van der Waals surface area contributed by atoms with Crippen molar-refractivity contribution in [2.24, 2.45) is 5.90 Å². The van der Waals surface area contributed by atoms with Gasteiger partial charge in [0.1, 0.15) is 0 Å². The number of unbranched alkanes of at least 4 members (excludes halogenated alkanes) is 1. The molecule has 0 spiro atoms. The largest absolute Gasteiger partial charge is 0.373 e. The molecule has 0 radical (unpaired) electrons. The number of benzene rings is 1. The van der Waals surface area contributed by atoms with E-state index in [9.17, 15) is 4.79 Å². The molecule has 3 nitrogen and oxygen atoms in total. The summed E-state index contributed by atoms with van der Waals surface area (Å²) in [6.45, 7) is 0. The van der Waals surface area contributed by atoms with Crippen molar-refractivity contribution in [3.8, 4) is 0 Å². The van der Waals surface area contributed by atoms with Gasteiger partial charge >= 0.3 is 5.97 Å². The Labute approximate surface area is 83.8 Å². The molecule has 0 aliphatic heterocycles. The van der Waals surface area contributed by atoms with Crippen LogP contribution in [0, 0.1) is 0 Å². The van der Waals surface area contributed by atoms with Crippen LogP contribution in [-0.4, -0.2) is 5.97 Å². The van der Waals surface area contributed by atoms with Crippen LogP contribution < -0.4 is 5.90 Å². The maximum Gasteiger partial charge on any atom is 0.324 e. The fraction of sp³-hybridized carbons (Fsp3) is 0.364. The summed E-state index contributed by atoms with van der Waals surface area (Å²) in [5, 5.41) is 0. The van der Waals surface area contributed by atoms with Crippen LogP contribution in [-0.2, 0) is 16.1 Å². The molecule has 0 aliphatic rings. The molecule has 3 heteroatoms. The zero-order valence-electron chi connectivity index (χ0n) is 8.11. The molecule has 1 aromatic carbocycles. The van der Waals surface area contributed by atoms with E-state index in [2.05, 4.69) is 17.0 Å². The molecule has 0 atom stereocenters. The van der Waals surface area contributed by atoms with Gasteiger partial charge in [-0.1, -0.05) is 30.3 Å². The minimum atomic E-state index is -0.335. The third-order valence-electron chi connectivity index (χ3n) is 2.07. The van der Waals surface area contributed by atoms with E-state index in [-0.39, 0.29) is 5.97 Å². The van der Waals surface area contributed by atoms with E-state index < -0.39 is 0 Å². The highest BCUT2D eigenvalue weighted by Crippen LogP contribution is 2.06. The Morgan fingerprint density at radius 1 is 1.21 bits per heavy atom. The number of aryl methyl sites for hydroxylation is 1. The molecule has 0 saturated heterocycles. The second-order valence-electron chi connectivity index (χ2n) is 3.18. The molecule has 0 heterocycles. The first-order chi connectivity index (χ1) is 6.83. The summed E-state index contributed by atoms with van der Waals surface area (Å²) in [6, 6.07) is 10.2. The Bertz CT molecular complexity index is 272. The fourth-order valence-electron chi connectivity index (χ4n) is 1.30. The summed E-state index contributed by atoms with van der Waals surface area (Å²) in [6.07, 6.45) is 3.21. The third kappa shape index (κ3) is 4.05. The second kappa shape index (κ2) is 6.16. The molecule has 0 saturated carbocycles. The zero-order chi connectivity index (χ0) is 10.2. The molecule has 1 rings (SSSR count). The lowest BCUT2D eigenvalue weighted by Gasteiger charge is -2.00. The quantitative estimate of drug-likeness (QED) is 0.573. The normalized spacial score (nSPS) is 9.79. The highest BCUT2D eigenvalue weighted by molar-refractivity contribution is 5.68. The maximum atomic E-state index is 10.7. The average molecular weight is 193 g/mol. The molecule has 0 unspecified atom stereocenters. The molecule has 76 valence electrons. The fourth-order valence-corrected chi connectivity index (χ4v) is 1.30. The smallest absolute Gasteiger partial charge is 0.324 e. The van der Waals surface area contributed by atoms with E-state index in [0.717, 1.165) is 19.3 Å². The first-order valence-electron chi connectivity index (χ1n) is 4.76. The highest BCUT2D eigenvalue weighted by atomic mass is 16.7. The zero-order valence-corrected chi connectivity index (χ0v) is 8.11. The van der Waals surface area contributed by atoms with E-state index in [1.54, 1.807) is 0 Å².